The minimum Gasteiger partial charge on any atom is -0.376 e. The normalized spacial score (nSPS) is 17.8. The number of likely N-dealkylation sites (N-methyl/N-ethyl adjacent to an activating group) is 1. The van der Waals surface area contributed by atoms with Crippen LogP contribution in [-0.4, -0.2) is 36.1 Å². The van der Waals surface area contributed by atoms with Gasteiger partial charge in [-0.3, -0.25) is 20.2 Å². The van der Waals surface area contributed by atoms with Gasteiger partial charge in [-0.2, -0.15) is 13.2 Å². The zero-order valence-electron chi connectivity index (χ0n) is 12.6. The van der Waals surface area contributed by atoms with Gasteiger partial charge < -0.3 is 9.64 Å². The van der Waals surface area contributed by atoms with Gasteiger partial charge in [-0.05, 0) is 12.8 Å². The number of hydrogen-bond donors (Lipinski definition) is 0. The van der Waals surface area contributed by atoms with Crippen LogP contribution >= 0.6 is 0 Å². The summed E-state index contributed by atoms with van der Waals surface area (Å²) in [6.45, 7) is 0.614. The second-order valence-corrected chi connectivity index (χ2v) is 5.39. The topological polar surface area (TPSA) is 98.8 Å². The van der Waals surface area contributed by atoms with Gasteiger partial charge >= 0.3 is 6.18 Å². The number of alkyl halides is 3. The lowest BCUT2D eigenvalue weighted by atomic mass is 10.1. The van der Waals surface area contributed by atoms with Crippen LogP contribution in [0.25, 0.3) is 0 Å². The highest BCUT2D eigenvalue weighted by molar-refractivity contribution is 5.76. The van der Waals surface area contributed by atoms with Crippen molar-refractivity contribution >= 4 is 17.1 Å². The summed E-state index contributed by atoms with van der Waals surface area (Å²) in [5, 5.41) is 22.4. The fourth-order valence-electron chi connectivity index (χ4n) is 2.62. The zero-order valence-corrected chi connectivity index (χ0v) is 12.6. The van der Waals surface area contributed by atoms with E-state index in [1.54, 1.807) is 0 Å². The van der Waals surface area contributed by atoms with E-state index in [9.17, 15) is 33.4 Å². The highest BCUT2D eigenvalue weighted by Gasteiger charge is 2.39. The summed E-state index contributed by atoms with van der Waals surface area (Å²) in [4.78, 5) is 21.4. The van der Waals surface area contributed by atoms with Gasteiger partial charge in [-0.25, -0.2) is 0 Å². The molecular weight excluding hydrogens is 335 g/mol. The van der Waals surface area contributed by atoms with Crippen molar-refractivity contribution < 1.29 is 27.8 Å². The molecule has 0 bridgehead atoms. The number of nitrogens with zero attached hydrogens (tertiary/aromatic N) is 3. The first-order valence-electron chi connectivity index (χ1n) is 6.98. The average molecular weight is 349 g/mol. The van der Waals surface area contributed by atoms with Crippen LogP contribution in [0.4, 0.5) is 30.2 Å². The Labute approximate surface area is 134 Å². The van der Waals surface area contributed by atoms with Crippen molar-refractivity contribution in [2.75, 3.05) is 25.1 Å². The van der Waals surface area contributed by atoms with Gasteiger partial charge in [0.05, 0.1) is 21.5 Å². The summed E-state index contributed by atoms with van der Waals surface area (Å²) >= 11 is 0. The zero-order chi connectivity index (χ0) is 18.1. The SMILES string of the molecule is CN(CC1CCCO1)c1c([N+](=O)[O-])cc(C(F)(F)F)cc1[N+](=O)[O-]. The van der Waals surface area contributed by atoms with E-state index in [1.165, 1.54) is 11.9 Å². The maximum absolute atomic E-state index is 12.9. The Balaban J connectivity index is 2.54. The van der Waals surface area contributed by atoms with E-state index >= 15 is 0 Å². The summed E-state index contributed by atoms with van der Waals surface area (Å²) in [5.74, 6) is 0. The van der Waals surface area contributed by atoms with Crippen molar-refractivity contribution in [3.63, 3.8) is 0 Å². The van der Waals surface area contributed by atoms with Crippen molar-refractivity contribution in [1.82, 2.24) is 0 Å². The molecule has 1 aromatic carbocycles. The molecule has 1 heterocycles. The summed E-state index contributed by atoms with van der Waals surface area (Å²) in [5.41, 5.74) is -3.82. The van der Waals surface area contributed by atoms with E-state index in [0.717, 1.165) is 6.42 Å². The summed E-state index contributed by atoms with van der Waals surface area (Å²) in [7, 11) is 1.35. The molecule has 0 saturated carbocycles. The quantitative estimate of drug-likeness (QED) is 0.598. The Bertz CT molecular complexity index is 624. The van der Waals surface area contributed by atoms with Gasteiger partial charge in [-0.15, -0.1) is 0 Å². The Morgan fingerprint density at radius 3 is 2.17 bits per heavy atom. The Kier molecular flexibility index (Phi) is 4.92. The van der Waals surface area contributed by atoms with Crippen molar-refractivity contribution in [2.24, 2.45) is 0 Å². The van der Waals surface area contributed by atoms with Gasteiger partial charge in [0.2, 0.25) is 0 Å². The maximum atomic E-state index is 12.9. The van der Waals surface area contributed by atoms with Gasteiger partial charge in [0.15, 0.2) is 5.69 Å². The molecule has 132 valence electrons. The van der Waals surface area contributed by atoms with Crippen LogP contribution in [0.2, 0.25) is 0 Å². The van der Waals surface area contributed by atoms with Crippen LogP contribution in [-0.2, 0) is 10.9 Å². The van der Waals surface area contributed by atoms with Crippen LogP contribution in [0, 0.1) is 20.2 Å². The van der Waals surface area contributed by atoms with Crippen LogP contribution in [0.5, 0.6) is 0 Å². The number of rotatable bonds is 5. The number of nitro benzene ring substituents is 2. The summed E-state index contributed by atoms with van der Waals surface area (Å²) in [6, 6.07) is 0.628. The van der Waals surface area contributed by atoms with E-state index in [0.29, 0.717) is 25.2 Å². The van der Waals surface area contributed by atoms with Crippen molar-refractivity contribution in [2.45, 2.75) is 25.1 Å². The van der Waals surface area contributed by atoms with Crippen LogP contribution in [0.1, 0.15) is 18.4 Å². The minimum atomic E-state index is -4.93. The number of hydrogen-bond acceptors (Lipinski definition) is 6. The molecule has 1 aromatic rings. The molecule has 0 amide bonds. The van der Waals surface area contributed by atoms with E-state index in [2.05, 4.69) is 0 Å². The molecule has 1 fully saturated rings. The number of halogens is 3. The fourth-order valence-corrected chi connectivity index (χ4v) is 2.62. The van der Waals surface area contributed by atoms with Gasteiger partial charge in [0.1, 0.15) is 0 Å². The molecule has 0 N–H and O–H groups in total. The van der Waals surface area contributed by atoms with Crippen molar-refractivity contribution in [1.29, 1.82) is 0 Å². The average Bonchev–Trinajstić information content (AvgIpc) is 2.97. The second-order valence-electron chi connectivity index (χ2n) is 5.39. The molecule has 0 spiro atoms. The molecule has 1 aliphatic heterocycles. The van der Waals surface area contributed by atoms with Gasteiger partial charge in [0, 0.05) is 32.3 Å². The van der Waals surface area contributed by atoms with E-state index in [-0.39, 0.29) is 12.6 Å². The molecule has 0 aliphatic carbocycles. The van der Waals surface area contributed by atoms with E-state index < -0.39 is 38.6 Å². The lowest BCUT2D eigenvalue weighted by molar-refractivity contribution is -0.393. The maximum Gasteiger partial charge on any atom is 0.416 e. The fraction of sp³-hybridized carbons (Fsp3) is 0.538. The molecular formula is C13H14F3N3O5. The van der Waals surface area contributed by atoms with Crippen LogP contribution in [0.3, 0.4) is 0 Å². The molecule has 8 nitrogen and oxygen atoms in total. The smallest absolute Gasteiger partial charge is 0.376 e. The molecule has 1 atom stereocenters. The van der Waals surface area contributed by atoms with Crippen LogP contribution in [0.15, 0.2) is 12.1 Å². The first-order valence-corrected chi connectivity index (χ1v) is 6.98. The standard InChI is InChI=1S/C13H14F3N3O5/c1-17(7-9-3-2-4-24-9)12-10(18(20)21)5-8(13(14,15)16)6-11(12)19(22)23/h5-6,9H,2-4,7H2,1H3. The third kappa shape index (κ3) is 3.72. The monoisotopic (exact) mass is 349 g/mol. The van der Waals surface area contributed by atoms with Gasteiger partial charge in [0.25, 0.3) is 11.4 Å². The number of nitro groups is 2. The lowest BCUT2D eigenvalue weighted by Crippen LogP contribution is -2.29. The first kappa shape index (κ1) is 17.9. The molecule has 2 rings (SSSR count). The number of anilines is 1. The predicted molar refractivity (Wildman–Crippen MR) is 77.0 cm³/mol. The second kappa shape index (κ2) is 6.59. The number of ether oxygens (including phenoxy) is 1. The molecule has 0 radical (unpaired) electrons. The first-order chi connectivity index (χ1) is 11.1. The minimum absolute atomic E-state index is 0.104. The molecule has 24 heavy (non-hydrogen) atoms. The summed E-state index contributed by atoms with van der Waals surface area (Å²) in [6.07, 6.45) is -3.75. The third-order valence-corrected chi connectivity index (χ3v) is 3.67. The molecule has 1 aliphatic rings. The lowest BCUT2D eigenvalue weighted by Gasteiger charge is -2.22. The third-order valence-electron chi connectivity index (χ3n) is 3.67. The van der Waals surface area contributed by atoms with Crippen LogP contribution < -0.4 is 4.90 Å². The molecule has 1 saturated heterocycles. The van der Waals surface area contributed by atoms with Crippen molar-refractivity contribution in [3.8, 4) is 0 Å². The summed E-state index contributed by atoms with van der Waals surface area (Å²) < 4.78 is 43.9. The van der Waals surface area contributed by atoms with E-state index in [1.807, 2.05) is 0 Å². The Morgan fingerprint density at radius 1 is 1.25 bits per heavy atom. The highest BCUT2D eigenvalue weighted by atomic mass is 19.4. The Hall–Kier alpha value is -2.43. The largest absolute Gasteiger partial charge is 0.416 e. The van der Waals surface area contributed by atoms with Gasteiger partial charge in [-0.1, -0.05) is 0 Å². The number of benzene rings is 1. The molecule has 1 unspecified atom stereocenters. The predicted octanol–water partition coefficient (Wildman–Crippen LogP) is 3.14. The Morgan fingerprint density at radius 2 is 1.79 bits per heavy atom. The van der Waals surface area contributed by atoms with Crippen molar-refractivity contribution in [3.05, 3.63) is 37.9 Å². The van der Waals surface area contributed by atoms with E-state index in [4.69, 9.17) is 4.74 Å². The molecule has 0 aromatic heterocycles. The molecule has 11 heteroatoms. The highest BCUT2D eigenvalue weighted by Crippen LogP contribution is 2.42.